The van der Waals surface area contributed by atoms with Crippen LogP contribution in [-0.2, 0) is 6.61 Å². The summed E-state index contributed by atoms with van der Waals surface area (Å²) in [6.07, 6.45) is 0. The summed E-state index contributed by atoms with van der Waals surface area (Å²) in [6.45, 7) is 3.98. The molecule has 0 spiro atoms. The summed E-state index contributed by atoms with van der Waals surface area (Å²) in [5.74, 6) is 1.73. The van der Waals surface area contributed by atoms with E-state index < -0.39 is 0 Å². The number of fused-ring (bicyclic) bond motifs is 2. The van der Waals surface area contributed by atoms with Gasteiger partial charge in [0.25, 0.3) is 0 Å². The first-order valence-electron chi connectivity index (χ1n) is 9.42. The molecule has 0 saturated heterocycles. The standard InChI is InChI=1S/C21H19N7OS/c1-11-6-13(4-3-5-15-16(7-11)23-15)22-21-24-17-8-12(2)30-19(17)20(26-21)25-18-9-14(10-29)27-28-18/h3-9,29H,10H2,1-2H3,(H3,22,24,25,26,27,28). The van der Waals surface area contributed by atoms with Crippen LogP contribution in [0.3, 0.4) is 0 Å². The van der Waals surface area contributed by atoms with Crippen LogP contribution in [0.1, 0.15) is 16.1 Å². The van der Waals surface area contributed by atoms with Crippen molar-refractivity contribution >= 4 is 44.8 Å². The van der Waals surface area contributed by atoms with Crippen LogP contribution in [0, 0.1) is 13.8 Å². The molecule has 0 aromatic carbocycles. The zero-order valence-electron chi connectivity index (χ0n) is 16.4. The highest BCUT2D eigenvalue weighted by atomic mass is 32.1. The molecule has 5 rings (SSSR count). The zero-order valence-corrected chi connectivity index (χ0v) is 17.2. The maximum absolute atomic E-state index is 9.26. The van der Waals surface area contributed by atoms with Crippen molar-refractivity contribution in [1.82, 2.24) is 25.1 Å². The zero-order chi connectivity index (χ0) is 20.7. The van der Waals surface area contributed by atoms with Crippen LogP contribution in [0.2, 0.25) is 0 Å². The van der Waals surface area contributed by atoms with Gasteiger partial charge in [-0.1, -0.05) is 6.07 Å². The Labute approximate surface area is 176 Å². The van der Waals surface area contributed by atoms with Crippen LogP contribution in [-0.4, -0.2) is 30.3 Å². The molecular weight excluding hydrogens is 398 g/mol. The van der Waals surface area contributed by atoms with Gasteiger partial charge in [0.2, 0.25) is 5.95 Å². The summed E-state index contributed by atoms with van der Waals surface area (Å²) in [6, 6.07) is 13.8. The Hall–Kier alpha value is -3.56. The molecule has 2 aliphatic rings. The van der Waals surface area contributed by atoms with E-state index in [0.29, 0.717) is 23.3 Å². The van der Waals surface area contributed by atoms with Crippen molar-refractivity contribution in [1.29, 1.82) is 0 Å². The van der Waals surface area contributed by atoms with Crippen LogP contribution in [0.25, 0.3) is 21.6 Å². The van der Waals surface area contributed by atoms with Crippen molar-refractivity contribution in [2.24, 2.45) is 0 Å². The molecule has 150 valence electrons. The van der Waals surface area contributed by atoms with Gasteiger partial charge in [-0.3, -0.25) is 5.10 Å². The van der Waals surface area contributed by atoms with E-state index in [-0.39, 0.29) is 6.61 Å². The molecule has 30 heavy (non-hydrogen) atoms. The van der Waals surface area contributed by atoms with Gasteiger partial charge in [-0.25, -0.2) is 9.97 Å². The number of thiophene rings is 1. The highest BCUT2D eigenvalue weighted by molar-refractivity contribution is 7.19. The van der Waals surface area contributed by atoms with Crippen molar-refractivity contribution in [3.63, 3.8) is 0 Å². The smallest absolute Gasteiger partial charge is 0.229 e. The maximum Gasteiger partial charge on any atom is 0.229 e. The largest absolute Gasteiger partial charge is 0.390 e. The third-order valence-corrected chi connectivity index (χ3v) is 5.58. The fourth-order valence-electron chi connectivity index (χ4n) is 3.15. The number of aromatic amines is 1. The van der Waals surface area contributed by atoms with Gasteiger partial charge in [0.05, 0.1) is 33.9 Å². The molecule has 0 radical (unpaired) electrons. The van der Waals surface area contributed by atoms with Crippen molar-refractivity contribution in [2.45, 2.75) is 20.5 Å². The van der Waals surface area contributed by atoms with Crippen LogP contribution in [0.4, 0.5) is 23.3 Å². The molecule has 0 saturated carbocycles. The van der Waals surface area contributed by atoms with Crippen molar-refractivity contribution in [3.05, 3.63) is 58.6 Å². The third kappa shape index (κ3) is 3.80. The summed E-state index contributed by atoms with van der Waals surface area (Å²) in [7, 11) is 0. The number of aryl methyl sites for hydroxylation is 2. The fraction of sp³-hybridized carbons (Fsp3) is 0.143. The number of hydrogen-bond acceptors (Lipinski definition) is 8. The summed E-state index contributed by atoms with van der Waals surface area (Å²) < 4.78 is 0.949. The monoisotopic (exact) mass is 417 g/mol. The summed E-state index contributed by atoms with van der Waals surface area (Å²) in [5, 5.41) is 22.8. The summed E-state index contributed by atoms with van der Waals surface area (Å²) in [4.78, 5) is 14.8. The first-order valence-corrected chi connectivity index (χ1v) is 10.2. The van der Waals surface area contributed by atoms with Gasteiger partial charge in [-0.15, -0.1) is 11.3 Å². The molecule has 1 aliphatic carbocycles. The summed E-state index contributed by atoms with van der Waals surface area (Å²) in [5.41, 5.74) is 5.48. The molecule has 0 atom stereocenters. The SMILES string of the molecule is Cc1cc(Nc2nc(Nc3cc(CO)[nH]n3)c3sc(C)cc3n2)cccc2nc-2c1. The van der Waals surface area contributed by atoms with Gasteiger partial charge in [-0.2, -0.15) is 10.1 Å². The topological polar surface area (TPSA) is 112 Å². The van der Waals surface area contributed by atoms with E-state index >= 15 is 0 Å². The predicted octanol–water partition coefficient (Wildman–Crippen LogP) is 4.51. The minimum Gasteiger partial charge on any atom is -0.390 e. The molecule has 0 amide bonds. The first kappa shape index (κ1) is 18.5. The van der Waals surface area contributed by atoms with Crippen LogP contribution >= 0.6 is 11.3 Å². The maximum atomic E-state index is 9.26. The van der Waals surface area contributed by atoms with E-state index in [0.717, 1.165) is 37.7 Å². The summed E-state index contributed by atoms with van der Waals surface area (Å²) >= 11 is 1.62. The first-order chi connectivity index (χ1) is 14.6. The molecule has 3 aromatic rings. The molecule has 0 fully saturated rings. The number of aliphatic hydroxyl groups is 1. The molecule has 0 unspecified atom stereocenters. The van der Waals surface area contributed by atoms with Gasteiger partial charge in [0.15, 0.2) is 11.6 Å². The normalized spacial score (nSPS) is 11.3. The van der Waals surface area contributed by atoms with Crippen molar-refractivity contribution < 1.29 is 5.11 Å². The highest BCUT2D eigenvalue weighted by Crippen LogP contribution is 2.32. The third-order valence-electron chi connectivity index (χ3n) is 4.53. The Kier molecular flexibility index (Phi) is 4.53. The number of hydrogen-bond donors (Lipinski definition) is 4. The Morgan fingerprint density at radius 2 is 1.90 bits per heavy atom. The quantitative estimate of drug-likeness (QED) is 0.333. The number of nitrogens with one attached hydrogen (secondary N) is 3. The number of rotatable bonds is 5. The van der Waals surface area contributed by atoms with E-state index in [9.17, 15) is 5.11 Å². The lowest BCUT2D eigenvalue weighted by Crippen LogP contribution is -2.01. The number of aromatic nitrogens is 5. The highest BCUT2D eigenvalue weighted by Gasteiger charge is 2.13. The number of anilines is 4. The van der Waals surface area contributed by atoms with Gasteiger partial charge in [-0.05, 0) is 49.7 Å². The van der Waals surface area contributed by atoms with Crippen molar-refractivity contribution in [3.8, 4) is 11.4 Å². The second-order valence-electron chi connectivity index (χ2n) is 7.05. The number of H-pyrrole nitrogens is 1. The predicted molar refractivity (Wildman–Crippen MR) is 119 cm³/mol. The molecule has 3 aromatic heterocycles. The Morgan fingerprint density at radius 1 is 1.00 bits per heavy atom. The van der Waals surface area contributed by atoms with Gasteiger partial charge in [0.1, 0.15) is 0 Å². The molecule has 8 nitrogen and oxygen atoms in total. The number of nitrogens with zero attached hydrogens (tertiary/aromatic N) is 4. The Balaban J connectivity index is 1.53. The minimum atomic E-state index is -0.102. The van der Waals surface area contributed by atoms with E-state index in [1.165, 1.54) is 0 Å². The van der Waals surface area contributed by atoms with Gasteiger partial charge in [0, 0.05) is 16.6 Å². The molecule has 9 heteroatoms. The van der Waals surface area contributed by atoms with Crippen LogP contribution < -0.4 is 10.6 Å². The van der Waals surface area contributed by atoms with Crippen molar-refractivity contribution in [2.75, 3.05) is 10.6 Å². The van der Waals surface area contributed by atoms with E-state index in [2.05, 4.69) is 36.9 Å². The van der Waals surface area contributed by atoms with Crippen LogP contribution in [0.15, 0.2) is 42.5 Å². The second-order valence-corrected chi connectivity index (χ2v) is 8.31. The lowest BCUT2D eigenvalue weighted by atomic mass is 10.2. The second kappa shape index (κ2) is 7.36. The average Bonchev–Trinajstić information content (AvgIpc) is 3.10. The minimum absolute atomic E-state index is 0.102. The van der Waals surface area contributed by atoms with E-state index in [1.807, 2.05) is 44.2 Å². The molecule has 4 heterocycles. The van der Waals surface area contributed by atoms with Crippen LogP contribution in [0.5, 0.6) is 0 Å². The Bertz CT molecular complexity index is 1330. The number of aliphatic hydroxyl groups excluding tert-OH is 1. The fourth-order valence-corrected chi connectivity index (χ4v) is 4.04. The van der Waals surface area contributed by atoms with E-state index in [4.69, 9.17) is 4.98 Å². The van der Waals surface area contributed by atoms with Gasteiger partial charge < -0.3 is 15.7 Å². The lowest BCUT2D eigenvalue weighted by molar-refractivity contribution is 0.276. The molecular formula is C21H19N7OS. The van der Waals surface area contributed by atoms with Gasteiger partial charge >= 0.3 is 0 Å². The Morgan fingerprint density at radius 3 is 2.73 bits per heavy atom. The average molecular weight is 417 g/mol. The molecule has 0 bridgehead atoms. The molecule has 1 aliphatic heterocycles. The van der Waals surface area contributed by atoms with E-state index in [1.54, 1.807) is 17.4 Å². The molecule has 4 N–H and O–H groups in total. The lowest BCUT2D eigenvalue weighted by Gasteiger charge is -2.08.